The van der Waals surface area contributed by atoms with Gasteiger partial charge in [0.2, 0.25) is 0 Å². The summed E-state index contributed by atoms with van der Waals surface area (Å²) in [6, 6.07) is 1.51. The van der Waals surface area contributed by atoms with Crippen molar-refractivity contribution >= 4 is 23.1 Å². The summed E-state index contributed by atoms with van der Waals surface area (Å²) >= 11 is 6.75. The van der Waals surface area contributed by atoms with Gasteiger partial charge in [-0.05, 0) is 44.3 Å². The fourth-order valence-corrected chi connectivity index (χ4v) is 7.17. The molecule has 0 amide bonds. The zero-order valence-electron chi connectivity index (χ0n) is 26.4. The van der Waals surface area contributed by atoms with Crippen LogP contribution in [-0.4, -0.2) is 161 Å². The van der Waals surface area contributed by atoms with Gasteiger partial charge in [-0.25, -0.2) is 0 Å². The van der Waals surface area contributed by atoms with Gasteiger partial charge in [0.15, 0.2) is 17.8 Å². The Labute approximate surface area is 277 Å². The van der Waals surface area contributed by atoms with Crippen molar-refractivity contribution in [2.75, 3.05) is 65.1 Å². The molecular weight excluding hydrogens is 644 g/mol. The van der Waals surface area contributed by atoms with E-state index in [1.165, 1.54) is 6.07 Å². The average molecular weight is 691 g/mol. The molecule has 0 saturated carbocycles. The number of piperidine rings is 1. The second kappa shape index (κ2) is 15.9. The summed E-state index contributed by atoms with van der Waals surface area (Å²) in [7, 11) is 1.69. The number of hydrogen-bond acceptors (Lipinski definition) is 15. The first kappa shape index (κ1) is 36.6. The second-order valence-corrected chi connectivity index (χ2v) is 13.1. The number of Topliss-reactive ketones (excluding diaryl/α,β-unsaturated/α-hetero) is 1. The summed E-state index contributed by atoms with van der Waals surface area (Å²) in [6.45, 7) is 1.60. The van der Waals surface area contributed by atoms with Crippen LogP contribution in [0.15, 0.2) is 6.07 Å². The molecule has 0 bridgehead atoms. The van der Waals surface area contributed by atoms with Crippen molar-refractivity contribution in [2.45, 2.75) is 86.8 Å². The Morgan fingerprint density at radius 3 is 2.47 bits per heavy atom. The highest BCUT2D eigenvalue weighted by molar-refractivity contribution is 6.34. The molecule has 4 aliphatic heterocycles. The molecule has 1 aromatic rings. The number of methoxy groups -OCH3 is 1. The van der Waals surface area contributed by atoms with Crippen molar-refractivity contribution in [3.8, 4) is 5.75 Å². The van der Waals surface area contributed by atoms with Crippen LogP contribution in [0.3, 0.4) is 0 Å². The van der Waals surface area contributed by atoms with Gasteiger partial charge in [0.25, 0.3) is 0 Å². The molecular formula is C31H47ClN2O13. The summed E-state index contributed by atoms with van der Waals surface area (Å²) in [6.07, 6.45) is -8.91. The number of fused-ring (bicyclic) bond motifs is 1. The van der Waals surface area contributed by atoms with Crippen molar-refractivity contribution in [2.24, 2.45) is 5.92 Å². The van der Waals surface area contributed by atoms with E-state index in [4.69, 9.17) is 35.3 Å². The number of nitrogens with one attached hydrogen (secondary N) is 1. The Bertz CT molecular complexity index is 1220. The number of carbonyl (C=O) groups excluding carboxylic acids is 1. The SMILES string of the molecule is COCCCN1CCC(CC(=O)c2cc(Cl)c(NC3(CO)O[C@H](CO)C(O[C@@H]4OC(CO)[C@H](O)[C@@H](O)C4O)[C@H]3O)c3c2OCC3)CC1. The number of ether oxygens (including phenoxy) is 5. The third kappa shape index (κ3) is 7.57. The van der Waals surface area contributed by atoms with Crippen LogP contribution in [0.25, 0.3) is 0 Å². The van der Waals surface area contributed by atoms with E-state index in [0.29, 0.717) is 29.7 Å². The Kier molecular flexibility index (Phi) is 12.4. The number of ketones is 1. The van der Waals surface area contributed by atoms with Crippen LogP contribution in [0.2, 0.25) is 5.02 Å². The third-order valence-corrected chi connectivity index (χ3v) is 9.94. The Morgan fingerprint density at radius 2 is 1.81 bits per heavy atom. The predicted octanol–water partition coefficient (Wildman–Crippen LogP) is -1.37. The van der Waals surface area contributed by atoms with E-state index in [-0.39, 0.29) is 29.0 Å². The lowest BCUT2D eigenvalue weighted by molar-refractivity contribution is -0.318. The van der Waals surface area contributed by atoms with E-state index < -0.39 is 74.6 Å². The van der Waals surface area contributed by atoms with E-state index in [0.717, 1.165) is 45.5 Å². The smallest absolute Gasteiger partial charge is 0.191 e. The van der Waals surface area contributed by atoms with Crippen LogP contribution in [0.5, 0.6) is 5.75 Å². The van der Waals surface area contributed by atoms with Crippen molar-refractivity contribution < 1.29 is 64.2 Å². The molecule has 4 heterocycles. The average Bonchev–Trinajstić information content (AvgIpc) is 3.66. The maximum absolute atomic E-state index is 13.6. The summed E-state index contributed by atoms with van der Waals surface area (Å²) in [5, 5.41) is 75.4. The molecule has 266 valence electrons. The van der Waals surface area contributed by atoms with E-state index in [9.17, 15) is 40.5 Å². The minimum absolute atomic E-state index is 0.0863. The number of aliphatic hydroxyl groups is 7. The molecule has 8 N–H and O–H groups in total. The molecule has 5 rings (SSSR count). The third-order valence-electron chi connectivity index (χ3n) is 9.64. The van der Waals surface area contributed by atoms with Gasteiger partial charge in [0.05, 0.1) is 42.7 Å². The molecule has 0 spiro atoms. The molecule has 0 aliphatic carbocycles. The Hall–Kier alpha value is -1.70. The largest absolute Gasteiger partial charge is 0.492 e. The summed E-state index contributed by atoms with van der Waals surface area (Å²) in [5.74, 6) is 0.509. The number of halogens is 1. The molecule has 0 aromatic heterocycles. The van der Waals surface area contributed by atoms with Crippen molar-refractivity contribution in [1.29, 1.82) is 0 Å². The van der Waals surface area contributed by atoms with Gasteiger partial charge in [-0.2, -0.15) is 0 Å². The summed E-state index contributed by atoms with van der Waals surface area (Å²) in [4.78, 5) is 15.9. The number of rotatable bonds is 14. The molecule has 1 aromatic carbocycles. The normalized spacial score (nSPS) is 34.7. The number of carbonyl (C=O) groups is 1. The zero-order chi connectivity index (χ0) is 33.9. The maximum atomic E-state index is 13.6. The number of hydrogen-bond donors (Lipinski definition) is 8. The van der Waals surface area contributed by atoms with Gasteiger partial charge in [-0.15, -0.1) is 0 Å². The van der Waals surface area contributed by atoms with Crippen LogP contribution < -0.4 is 10.1 Å². The van der Waals surface area contributed by atoms with Gasteiger partial charge in [0.1, 0.15) is 48.5 Å². The van der Waals surface area contributed by atoms with Crippen molar-refractivity contribution in [3.05, 3.63) is 22.2 Å². The van der Waals surface area contributed by atoms with Crippen LogP contribution in [0.4, 0.5) is 5.69 Å². The summed E-state index contributed by atoms with van der Waals surface area (Å²) in [5.41, 5.74) is -0.789. The fourth-order valence-electron chi connectivity index (χ4n) is 6.90. The molecule has 3 saturated heterocycles. The highest BCUT2D eigenvalue weighted by atomic mass is 35.5. The highest BCUT2D eigenvalue weighted by Gasteiger charge is 2.58. The molecule has 4 unspecified atom stereocenters. The van der Waals surface area contributed by atoms with Gasteiger partial charge < -0.3 is 69.6 Å². The molecule has 47 heavy (non-hydrogen) atoms. The number of likely N-dealkylation sites (tertiary alicyclic amines) is 1. The van der Waals surface area contributed by atoms with Gasteiger partial charge in [0, 0.05) is 38.7 Å². The molecule has 15 nitrogen and oxygen atoms in total. The maximum Gasteiger partial charge on any atom is 0.191 e. The van der Waals surface area contributed by atoms with Crippen LogP contribution in [0, 0.1) is 5.92 Å². The number of aliphatic hydroxyl groups excluding tert-OH is 7. The minimum atomic E-state index is -1.98. The van der Waals surface area contributed by atoms with Crippen molar-refractivity contribution in [1.82, 2.24) is 4.90 Å². The van der Waals surface area contributed by atoms with Crippen LogP contribution >= 0.6 is 11.6 Å². The molecule has 16 heteroatoms. The minimum Gasteiger partial charge on any atom is -0.492 e. The van der Waals surface area contributed by atoms with Gasteiger partial charge in [-0.1, -0.05) is 11.6 Å². The Morgan fingerprint density at radius 1 is 1.09 bits per heavy atom. The number of nitrogens with zero attached hydrogens (tertiary/aromatic N) is 1. The quantitative estimate of drug-likeness (QED) is 0.0834. The molecule has 3 fully saturated rings. The van der Waals surface area contributed by atoms with Crippen LogP contribution in [0.1, 0.15) is 41.6 Å². The van der Waals surface area contributed by atoms with E-state index in [1.807, 2.05) is 0 Å². The lowest BCUT2D eigenvalue weighted by Crippen LogP contribution is -2.61. The number of benzene rings is 1. The molecule has 9 atom stereocenters. The van der Waals surface area contributed by atoms with Gasteiger partial charge in [-0.3, -0.25) is 4.79 Å². The molecule has 4 aliphatic rings. The lowest BCUT2D eigenvalue weighted by Gasteiger charge is -2.41. The van der Waals surface area contributed by atoms with E-state index >= 15 is 0 Å². The first-order valence-corrected chi connectivity index (χ1v) is 16.5. The number of anilines is 1. The van der Waals surface area contributed by atoms with Crippen LogP contribution in [-0.2, 0) is 25.4 Å². The van der Waals surface area contributed by atoms with Gasteiger partial charge >= 0.3 is 0 Å². The van der Waals surface area contributed by atoms with E-state index in [1.54, 1.807) is 7.11 Å². The fraction of sp³-hybridized carbons (Fsp3) is 0.774. The monoisotopic (exact) mass is 690 g/mol. The zero-order valence-corrected chi connectivity index (χ0v) is 27.1. The lowest BCUT2D eigenvalue weighted by atomic mass is 9.89. The predicted molar refractivity (Wildman–Crippen MR) is 165 cm³/mol. The van der Waals surface area contributed by atoms with Crippen molar-refractivity contribution in [3.63, 3.8) is 0 Å². The first-order chi connectivity index (χ1) is 22.6. The topological polar surface area (TPSA) is 220 Å². The first-order valence-electron chi connectivity index (χ1n) is 16.1. The van der Waals surface area contributed by atoms with E-state index in [2.05, 4.69) is 10.2 Å². The standard InChI is InChI=1S/C31H47ClN2O13/c1-43-9-2-6-34-7-3-16(4-8-34)11-20(38)18-12-19(32)23(17-5-10-44-27(17)18)33-31(15-37)29(42)28(22(14-36)47-31)46-30-26(41)25(40)24(39)21(13-35)45-30/h12,16,21-22,24-26,28-30,33,35-37,39-42H,2-11,13-15H2,1H3/t21?,22-,24+,25-,26?,28?,29-,30+,31?/m1/s1. The molecule has 0 radical (unpaired) electrons. The Balaban J connectivity index is 1.31. The second-order valence-electron chi connectivity index (χ2n) is 12.7. The summed E-state index contributed by atoms with van der Waals surface area (Å²) < 4.78 is 28.1. The highest BCUT2D eigenvalue weighted by Crippen LogP contribution is 2.45.